The van der Waals surface area contributed by atoms with Gasteiger partial charge >= 0.3 is 0 Å². The average molecular weight is 302 g/mol. The Morgan fingerprint density at radius 2 is 2.00 bits per heavy atom. The van der Waals surface area contributed by atoms with E-state index in [1.54, 1.807) is 0 Å². The van der Waals surface area contributed by atoms with E-state index in [-0.39, 0.29) is 0 Å². The number of rotatable bonds is 4. The summed E-state index contributed by atoms with van der Waals surface area (Å²) < 4.78 is 5.28. The zero-order valence-corrected chi connectivity index (χ0v) is 12.5. The van der Waals surface area contributed by atoms with Crippen LogP contribution in [0.2, 0.25) is 0 Å². The number of nitrogens with two attached hydrogens (primary N) is 1. The quantitative estimate of drug-likeness (QED) is 0.493. The molecule has 0 bridgehead atoms. The molecule has 110 valence electrons. The fourth-order valence-corrected chi connectivity index (χ4v) is 2.28. The van der Waals surface area contributed by atoms with Crippen molar-refractivity contribution in [2.24, 2.45) is 5.73 Å². The first-order valence-corrected chi connectivity index (χ1v) is 7.18. The van der Waals surface area contributed by atoms with Crippen molar-refractivity contribution in [1.82, 2.24) is 10.2 Å². The predicted molar refractivity (Wildman–Crippen MR) is 85.1 cm³/mol. The molecule has 0 amide bonds. The summed E-state index contributed by atoms with van der Waals surface area (Å²) in [5, 5.41) is 12.4. The zero-order chi connectivity index (χ0) is 15.1. The molecular formula is C15H18N4OS. The van der Waals surface area contributed by atoms with Gasteiger partial charge in [-0.2, -0.15) is 5.26 Å². The highest BCUT2D eigenvalue weighted by Crippen LogP contribution is 2.09. The Hall–Kier alpha value is -2.10. The summed E-state index contributed by atoms with van der Waals surface area (Å²) in [6.07, 6.45) is 0. The molecule has 1 aliphatic rings. The summed E-state index contributed by atoms with van der Waals surface area (Å²) in [6, 6.07) is 12.0. The summed E-state index contributed by atoms with van der Waals surface area (Å²) >= 11 is 5.29. The molecule has 1 heterocycles. The fourth-order valence-electron chi connectivity index (χ4n) is 2.05. The molecule has 0 spiro atoms. The smallest absolute Gasteiger partial charge is 0.126 e. The Bertz CT molecular complexity index is 559. The second-order valence-corrected chi connectivity index (χ2v) is 5.05. The third-order valence-corrected chi connectivity index (χ3v) is 3.59. The van der Waals surface area contributed by atoms with E-state index < -0.39 is 0 Å². The van der Waals surface area contributed by atoms with Crippen molar-refractivity contribution in [3.63, 3.8) is 0 Å². The van der Waals surface area contributed by atoms with Gasteiger partial charge in [-0.1, -0.05) is 42.5 Å². The summed E-state index contributed by atoms with van der Waals surface area (Å²) in [6.45, 7) is 3.16. The van der Waals surface area contributed by atoms with Crippen molar-refractivity contribution in [1.29, 1.82) is 5.26 Å². The SMILES string of the molecule is N#C/C(C(=S)NCc1ccccc1)=C(/N)N1CCOCC1. The van der Waals surface area contributed by atoms with Crippen molar-refractivity contribution >= 4 is 17.2 Å². The highest BCUT2D eigenvalue weighted by Gasteiger charge is 2.17. The molecule has 0 saturated carbocycles. The Morgan fingerprint density at radius 3 is 2.62 bits per heavy atom. The number of thiocarbonyl (C=S) groups is 1. The van der Waals surface area contributed by atoms with Crippen molar-refractivity contribution in [2.45, 2.75) is 6.54 Å². The molecule has 1 aromatic carbocycles. The van der Waals surface area contributed by atoms with Gasteiger partial charge in [0.05, 0.1) is 13.2 Å². The molecule has 0 aromatic heterocycles. The maximum absolute atomic E-state index is 9.32. The first-order valence-electron chi connectivity index (χ1n) is 6.77. The number of morpholine rings is 1. The van der Waals surface area contributed by atoms with Gasteiger partial charge in [0.2, 0.25) is 0 Å². The number of benzene rings is 1. The first-order chi connectivity index (χ1) is 10.2. The van der Waals surface area contributed by atoms with Gasteiger partial charge in [-0.3, -0.25) is 0 Å². The molecule has 1 saturated heterocycles. The van der Waals surface area contributed by atoms with Gasteiger partial charge in [0, 0.05) is 19.6 Å². The molecule has 0 unspecified atom stereocenters. The van der Waals surface area contributed by atoms with Crippen molar-refractivity contribution in [2.75, 3.05) is 26.3 Å². The minimum absolute atomic E-state index is 0.322. The van der Waals surface area contributed by atoms with E-state index >= 15 is 0 Å². The summed E-state index contributed by atoms with van der Waals surface area (Å²) in [7, 11) is 0. The van der Waals surface area contributed by atoms with Gasteiger partial charge < -0.3 is 20.7 Å². The number of nitrogens with zero attached hydrogens (tertiary/aromatic N) is 2. The molecule has 1 aromatic rings. The molecule has 0 radical (unpaired) electrons. The van der Waals surface area contributed by atoms with Crippen LogP contribution in [0, 0.1) is 11.3 Å². The van der Waals surface area contributed by atoms with Gasteiger partial charge in [-0.25, -0.2) is 0 Å². The summed E-state index contributed by atoms with van der Waals surface area (Å²) in [4.78, 5) is 2.31. The summed E-state index contributed by atoms with van der Waals surface area (Å²) in [5.74, 6) is 0.423. The average Bonchev–Trinajstić information content (AvgIpc) is 2.55. The van der Waals surface area contributed by atoms with Crippen LogP contribution in [0.4, 0.5) is 0 Å². The molecule has 6 heteroatoms. The van der Waals surface area contributed by atoms with Crippen LogP contribution in [0.3, 0.4) is 0 Å². The molecule has 3 N–H and O–H groups in total. The predicted octanol–water partition coefficient (Wildman–Crippen LogP) is 1.13. The van der Waals surface area contributed by atoms with E-state index in [2.05, 4.69) is 11.4 Å². The molecule has 5 nitrogen and oxygen atoms in total. The lowest BCUT2D eigenvalue weighted by molar-refractivity contribution is 0.0528. The highest BCUT2D eigenvalue weighted by molar-refractivity contribution is 7.80. The third-order valence-electron chi connectivity index (χ3n) is 3.24. The summed E-state index contributed by atoms with van der Waals surface area (Å²) in [5.41, 5.74) is 7.49. The maximum Gasteiger partial charge on any atom is 0.126 e. The van der Waals surface area contributed by atoms with Crippen molar-refractivity contribution in [3.05, 3.63) is 47.3 Å². The molecule has 2 rings (SSSR count). The van der Waals surface area contributed by atoms with Crippen molar-refractivity contribution < 1.29 is 4.74 Å². The Labute approximate surface area is 130 Å². The van der Waals surface area contributed by atoms with E-state index in [1.807, 2.05) is 35.2 Å². The van der Waals surface area contributed by atoms with Gasteiger partial charge in [0.15, 0.2) is 0 Å². The number of nitriles is 1. The topological polar surface area (TPSA) is 74.3 Å². The van der Waals surface area contributed by atoms with Crippen LogP contribution in [0.5, 0.6) is 0 Å². The third kappa shape index (κ3) is 4.18. The second kappa shape index (κ2) is 7.62. The van der Waals surface area contributed by atoms with Crippen LogP contribution in [0.15, 0.2) is 41.7 Å². The van der Waals surface area contributed by atoms with Gasteiger partial charge in [0.1, 0.15) is 22.5 Å². The molecule has 0 aliphatic carbocycles. The zero-order valence-electron chi connectivity index (χ0n) is 11.7. The highest BCUT2D eigenvalue weighted by atomic mass is 32.1. The van der Waals surface area contributed by atoms with E-state index in [0.29, 0.717) is 49.2 Å². The van der Waals surface area contributed by atoms with Gasteiger partial charge in [-0.05, 0) is 5.56 Å². The first kappa shape index (κ1) is 15.3. The normalized spacial score (nSPS) is 15.9. The van der Waals surface area contributed by atoms with E-state index in [0.717, 1.165) is 5.56 Å². The Kier molecular flexibility index (Phi) is 5.55. The Balaban J connectivity index is 2.02. The van der Waals surface area contributed by atoms with Crippen LogP contribution >= 0.6 is 12.2 Å². The molecule has 0 atom stereocenters. The molecule has 21 heavy (non-hydrogen) atoms. The van der Waals surface area contributed by atoms with E-state index in [4.69, 9.17) is 22.7 Å². The van der Waals surface area contributed by atoms with Gasteiger partial charge in [-0.15, -0.1) is 0 Å². The maximum atomic E-state index is 9.32. The largest absolute Gasteiger partial charge is 0.384 e. The van der Waals surface area contributed by atoms with Crippen molar-refractivity contribution in [3.8, 4) is 6.07 Å². The minimum atomic E-state index is 0.322. The molecular weight excluding hydrogens is 284 g/mol. The number of nitrogens with one attached hydrogen (secondary N) is 1. The number of hydrogen-bond acceptors (Lipinski definition) is 5. The number of ether oxygens (including phenoxy) is 1. The minimum Gasteiger partial charge on any atom is -0.384 e. The van der Waals surface area contributed by atoms with Crippen LogP contribution in [-0.2, 0) is 11.3 Å². The standard InChI is InChI=1S/C15H18N4OS/c16-10-13(14(17)19-6-8-20-9-7-19)15(21)18-11-12-4-2-1-3-5-12/h1-5H,6-9,11,17H2,(H,18,21)/b14-13+. The fraction of sp³-hybridized carbons (Fsp3) is 0.333. The van der Waals surface area contributed by atoms with Gasteiger partial charge in [0.25, 0.3) is 0 Å². The lowest BCUT2D eigenvalue weighted by Gasteiger charge is -2.29. The molecule has 1 fully saturated rings. The lowest BCUT2D eigenvalue weighted by atomic mass is 10.2. The van der Waals surface area contributed by atoms with Crippen LogP contribution in [0.25, 0.3) is 0 Å². The Morgan fingerprint density at radius 1 is 1.33 bits per heavy atom. The van der Waals surface area contributed by atoms with Crippen LogP contribution in [-0.4, -0.2) is 36.2 Å². The van der Waals surface area contributed by atoms with E-state index in [9.17, 15) is 5.26 Å². The van der Waals surface area contributed by atoms with Crippen LogP contribution < -0.4 is 11.1 Å². The second-order valence-electron chi connectivity index (χ2n) is 4.64. The molecule has 1 aliphatic heterocycles. The van der Waals surface area contributed by atoms with E-state index in [1.165, 1.54) is 0 Å². The lowest BCUT2D eigenvalue weighted by Crippen LogP contribution is -2.40. The number of hydrogen-bond donors (Lipinski definition) is 2. The monoisotopic (exact) mass is 302 g/mol. The van der Waals surface area contributed by atoms with Crippen LogP contribution in [0.1, 0.15) is 5.56 Å².